The van der Waals surface area contributed by atoms with Gasteiger partial charge in [-0.15, -0.1) is 0 Å². The second kappa shape index (κ2) is 12.3. The van der Waals surface area contributed by atoms with Gasteiger partial charge in [-0.1, -0.05) is 30.2 Å². The highest BCUT2D eigenvalue weighted by molar-refractivity contribution is 7.89. The van der Waals surface area contributed by atoms with Gasteiger partial charge in [-0.3, -0.25) is 4.79 Å². The van der Waals surface area contributed by atoms with Crippen molar-refractivity contribution in [3.05, 3.63) is 53.1 Å². The van der Waals surface area contributed by atoms with Crippen molar-refractivity contribution in [3.63, 3.8) is 0 Å². The molecule has 0 bridgehead atoms. The Hall–Kier alpha value is -2.18. The standard InChI is InChI=1S/C26H34ClN3O6S2/c1-2-36-24-11-8-22(27)18-25(24)38(34,35)30-16-12-21(13-17-30)26(31)28-19-20-6-9-23(10-7-20)37(32,33)29-14-4-3-5-15-29/h6-11,18,21H,2-5,12-17,19H2,1H3,(H,28,31). The molecule has 0 unspecified atom stereocenters. The van der Waals surface area contributed by atoms with Crippen molar-refractivity contribution in [2.75, 3.05) is 32.8 Å². The van der Waals surface area contributed by atoms with Crippen molar-refractivity contribution < 1.29 is 26.4 Å². The summed E-state index contributed by atoms with van der Waals surface area (Å²) >= 11 is 6.06. The third kappa shape index (κ3) is 6.51. The summed E-state index contributed by atoms with van der Waals surface area (Å²) in [5.74, 6) is -0.206. The van der Waals surface area contributed by atoms with Crippen LogP contribution in [0.25, 0.3) is 0 Å². The fourth-order valence-electron chi connectivity index (χ4n) is 4.82. The summed E-state index contributed by atoms with van der Waals surface area (Å²) in [5, 5.41) is 3.21. The van der Waals surface area contributed by atoms with Crippen molar-refractivity contribution in [1.82, 2.24) is 13.9 Å². The molecule has 0 radical (unpaired) electrons. The first-order chi connectivity index (χ1) is 18.1. The van der Waals surface area contributed by atoms with E-state index in [-0.39, 0.29) is 47.0 Å². The number of piperidine rings is 2. The largest absolute Gasteiger partial charge is 0.492 e. The van der Waals surface area contributed by atoms with Gasteiger partial charge in [0, 0.05) is 43.7 Å². The number of nitrogens with one attached hydrogen (secondary N) is 1. The maximum absolute atomic E-state index is 13.3. The maximum Gasteiger partial charge on any atom is 0.246 e. The smallest absolute Gasteiger partial charge is 0.246 e. The fraction of sp³-hybridized carbons (Fsp3) is 0.500. The van der Waals surface area contributed by atoms with Gasteiger partial charge in [0.2, 0.25) is 26.0 Å². The Morgan fingerprint density at radius 1 is 0.921 bits per heavy atom. The van der Waals surface area contributed by atoms with E-state index in [0.717, 1.165) is 24.8 Å². The molecule has 2 saturated heterocycles. The molecule has 0 aromatic heterocycles. The van der Waals surface area contributed by atoms with E-state index in [1.54, 1.807) is 43.3 Å². The molecule has 208 valence electrons. The van der Waals surface area contributed by atoms with Crippen LogP contribution in [0.4, 0.5) is 0 Å². The van der Waals surface area contributed by atoms with E-state index in [4.69, 9.17) is 16.3 Å². The normalized spacial score (nSPS) is 18.3. The van der Waals surface area contributed by atoms with E-state index >= 15 is 0 Å². The maximum atomic E-state index is 13.3. The number of carbonyl (C=O) groups is 1. The number of halogens is 1. The minimum atomic E-state index is -3.83. The molecular weight excluding hydrogens is 550 g/mol. The number of carbonyl (C=O) groups excluding carboxylic acids is 1. The summed E-state index contributed by atoms with van der Waals surface area (Å²) in [6, 6.07) is 11.1. The molecule has 12 heteroatoms. The molecule has 2 aromatic rings. The van der Waals surface area contributed by atoms with Gasteiger partial charge in [0.15, 0.2) is 0 Å². The second-order valence-corrected chi connectivity index (χ2v) is 13.8. The lowest BCUT2D eigenvalue weighted by atomic mass is 9.97. The van der Waals surface area contributed by atoms with Crippen molar-refractivity contribution in [2.45, 2.75) is 55.4 Å². The lowest BCUT2D eigenvalue weighted by molar-refractivity contribution is -0.126. The van der Waals surface area contributed by atoms with Crippen molar-refractivity contribution in [3.8, 4) is 5.75 Å². The quantitative estimate of drug-likeness (QED) is 0.482. The van der Waals surface area contributed by atoms with Gasteiger partial charge in [-0.05, 0) is 68.5 Å². The molecule has 0 spiro atoms. The predicted molar refractivity (Wildman–Crippen MR) is 145 cm³/mol. The molecule has 9 nitrogen and oxygen atoms in total. The molecule has 2 fully saturated rings. The second-order valence-electron chi connectivity index (χ2n) is 9.53. The fourth-order valence-corrected chi connectivity index (χ4v) is 8.20. The highest BCUT2D eigenvalue weighted by Gasteiger charge is 2.34. The number of nitrogens with zero attached hydrogens (tertiary/aromatic N) is 2. The van der Waals surface area contributed by atoms with E-state index in [0.29, 0.717) is 37.6 Å². The number of rotatable bonds is 9. The van der Waals surface area contributed by atoms with Gasteiger partial charge in [0.25, 0.3) is 0 Å². The van der Waals surface area contributed by atoms with Crippen LogP contribution in [0.1, 0.15) is 44.6 Å². The summed E-state index contributed by atoms with van der Waals surface area (Å²) in [4.78, 5) is 13.1. The van der Waals surface area contributed by atoms with Crippen LogP contribution in [-0.2, 0) is 31.4 Å². The molecular formula is C26H34ClN3O6S2. The number of benzene rings is 2. The molecule has 2 aliphatic rings. The molecule has 0 saturated carbocycles. The Bertz CT molecular complexity index is 1340. The van der Waals surface area contributed by atoms with Gasteiger partial charge in [-0.2, -0.15) is 8.61 Å². The van der Waals surface area contributed by atoms with E-state index in [1.807, 2.05) is 0 Å². The Balaban J connectivity index is 1.31. The van der Waals surface area contributed by atoms with E-state index in [2.05, 4.69) is 5.32 Å². The molecule has 0 atom stereocenters. The molecule has 0 aliphatic carbocycles. The minimum absolute atomic E-state index is 0.0282. The minimum Gasteiger partial charge on any atom is -0.492 e. The molecule has 2 aliphatic heterocycles. The number of hydrogen-bond donors (Lipinski definition) is 1. The van der Waals surface area contributed by atoms with Crippen LogP contribution < -0.4 is 10.1 Å². The van der Waals surface area contributed by atoms with Crippen LogP contribution in [0, 0.1) is 5.92 Å². The van der Waals surface area contributed by atoms with E-state index in [9.17, 15) is 21.6 Å². The Kier molecular flexibility index (Phi) is 9.36. The average Bonchev–Trinajstić information content (AvgIpc) is 2.93. The third-order valence-electron chi connectivity index (χ3n) is 6.99. The molecule has 1 N–H and O–H groups in total. The highest BCUT2D eigenvalue weighted by Crippen LogP contribution is 2.32. The van der Waals surface area contributed by atoms with Gasteiger partial charge in [-0.25, -0.2) is 16.8 Å². The van der Waals surface area contributed by atoms with Gasteiger partial charge in [0.05, 0.1) is 11.5 Å². The molecule has 2 aromatic carbocycles. The average molecular weight is 584 g/mol. The van der Waals surface area contributed by atoms with E-state index in [1.165, 1.54) is 14.7 Å². The van der Waals surface area contributed by atoms with Gasteiger partial charge >= 0.3 is 0 Å². The molecule has 2 heterocycles. The Morgan fingerprint density at radius 3 is 2.18 bits per heavy atom. The van der Waals surface area contributed by atoms with Crippen LogP contribution in [0.2, 0.25) is 5.02 Å². The van der Waals surface area contributed by atoms with Crippen LogP contribution >= 0.6 is 11.6 Å². The molecule has 4 rings (SSSR count). The third-order valence-corrected chi connectivity index (χ3v) is 11.1. The Morgan fingerprint density at radius 2 is 1.55 bits per heavy atom. The predicted octanol–water partition coefficient (Wildman–Crippen LogP) is 3.63. The molecule has 38 heavy (non-hydrogen) atoms. The van der Waals surface area contributed by atoms with Crippen LogP contribution in [0.5, 0.6) is 5.75 Å². The van der Waals surface area contributed by atoms with Crippen molar-refractivity contribution in [2.24, 2.45) is 5.92 Å². The topological polar surface area (TPSA) is 113 Å². The summed E-state index contributed by atoms with van der Waals surface area (Å²) in [5.41, 5.74) is 0.792. The van der Waals surface area contributed by atoms with Crippen molar-refractivity contribution in [1.29, 1.82) is 0 Å². The first-order valence-corrected chi connectivity index (χ1v) is 16.2. The number of ether oxygens (including phenoxy) is 1. The first-order valence-electron chi connectivity index (χ1n) is 12.9. The zero-order valence-electron chi connectivity index (χ0n) is 21.4. The van der Waals surface area contributed by atoms with Crippen LogP contribution in [0.15, 0.2) is 52.3 Å². The summed E-state index contributed by atoms with van der Waals surface area (Å²) in [6.07, 6.45) is 3.59. The summed E-state index contributed by atoms with van der Waals surface area (Å²) in [6.45, 7) is 3.88. The monoisotopic (exact) mass is 583 g/mol. The zero-order chi connectivity index (χ0) is 27.3. The lowest BCUT2D eigenvalue weighted by Gasteiger charge is -2.31. The van der Waals surface area contributed by atoms with Gasteiger partial charge in [0.1, 0.15) is 10.6 Å². The number of sulfonamides is 2. The SMILES string of the molecule is CCOc1ccc(Cl)cc1S(=O)(=O)N1CCC(C(=O)NCc2ccc(S(=O)(=O)N3CCCCC3)cc2)CC1. The van der Waals surface area contributed by atoms with Gasteiger partial charge < -0.3 is 10.1 Å². The summed E-state index contributed by atoms with van der Waals surface area (Å²) in [7, 11) is -7.32. The molecule has 1 amide bonds. The highest BCUT2D eigenvalue weighted by atomic mass is 35.5. The van der Waals surface area contributed by atoms with E-state index < -0.39 is 20.0 Å². The number of amides is 1. The summed E-state index contributed by atoms with van der Waals surface area (Å²) < 4.78 is 60.6. The lowest BCUT2D eigenvalue weighted by Crippen LogP contribution is -2.43. The van der Waals surface area contributed by atoms with Crippen molar-refractivity contribution >= 4 is 37.6 Å². The Labute approximate surface area is 230 Å². The van der Waals surface area contributed by atoms with Crippen LogP contribution in [-0.4, -0.2) is 64.1 Å². The zero-order valence-corrected chi connectivity index (χ0v) is 23.8. The first kappa shape index (κ1) is 28.8. The number of hydrogen-bond acceptors (Lipinski definition) is 6. The van der Waals surface area contributed by atoms with Crippen LogP contribution in [0.3, 0.4) is 0 Å².